The van der Waals surface area contributed by atoms with Gasteiger partial charge < -0.3 is 10.2 Å². The average Bonchev–Trinajstić information content (AvgIpc) is 2.70. The minimum atomic E-state index is 0.432. The molecule has 0 radical (unpaired) electrons. The van der Waals surface area contributed by atoms with E-state index in [1.54, 1.807) is 0 Å². The molecule has 0 bridgehead atoms. The van der Waals surface area contributed by atoms with E-state index in [4.69, 9.17) is 0 Å². The molecular weight excluding hydrogens is 256 g/mol. The molecule has 0 spiro atoms. The predicted molar refractivity (Wildman–Crippen MR) is 91.1 cm³/mol. The number of fused-ring (bicyclic) bond motifs is 1. The van der Waals surface area contributed by atoms with Crippen LogP contribution in [0, 0.1) is 0 Å². The van der Waals surface area contributed by atoms with Gasteiger partial charge in [0, 0.05) is 25.5 Å². The first kappa shape index (κ1) is 14.0. The van der Waals surface area contributed by atoms with Gasteiger partial charge in [-0.2, -0.15) is 0 Å². The largest absolute Gasteiger partial charge is 0.378 e. The summed E-state index contributed by atoms with van der Waals surface area (Å²) in [5.74, 6) is 0. The van der Waals surface area contributed by atoms with Crippen LogP contribution in [0.1, 0.15) is 36.4 Å². The van der Waals surface area contributed by atoms with Crippen molar-refractivity contribution in [2.24, 2.45) is 0 Å². The molecule has 0 saturated heterocycles. The van der Waals surface area contributed by atoms with E-state index in [1.165, 1.54) is 48.2 Å². The van der Waals surface area contributed by atoms with Crippen molar-refractivity contribution in [3.63, 3.8) is 0 Å². The molecule has 0 aliphatic heterocycles. The summed E-state index contributed by atoms with van der Waals surface area (Å²) in [6.45, 7) is 0. The minimum absolute atomic E-state index is 0.432. The van der Waals surface area contributed by atoms with Crippen molar-refractivity contribution in [2.75, 3.05) is 24.3 Å². The van der Waals surface area contributed by atoms with Crippen LogP contribution in [0.15, 0.2) is 48.5 Å². The van der Waals surface area contributed by atoms with Crippen LogP contribution in [0.4, 0.5) is 11.4 Å². The normalized spacial score (nSPS) is 17.7. The van der Waals surface area contributed by atoms with E-state index >= 15 is 0 Å². The molecule has 2 heteroatoms. The van der Waals surface area contributed by atoms with Gasteiger partial charge in [-0.15, -0.1) is 0 Å². The number of nitrogens with zero attached hydrogens (tertiary/aromatic N) is 1. The molecule has 1 N–H and O–H groups in total. The zero-order chi connectivity index (χ0) is 14.7. The summed E-state index contributed by atoms with van der Waals surface area (Å²) < 4.78 is 0. The number of hydrogen-bond acceptors (Lipinski definition) is 2. The summed E-state index contributed by atoms with van der Waals surface area (Å²) in [7, 11) is 4.17. The first-order chi connectivity index (χ1) is 10.2. The quantitative estimate of drug-likeness (QED) is 0.824. The highest BCUT2D eigenvalue weighted by Gasteiger charge is 2.18. The van der Waals surface area contributed by atoms with Gasteiger partial charge in [0.25, 0.3) is 0 Å². The van der Waals surface area contributed by atoms with E-state index in [9.17, 15) is 0 Å². The fraction of sp³-hybridized carbons (Fsp3) is 0.368. The van der Waals surface area contributed by atoms with Gasteiger partial charge in [-0.1, -0.05) is 36.8 Å². The molecule has 0 saturated carbocycles. The second-order valence-corrected chi connectivity index (χ2v) is 6.09. The van der Waals surface area contributed by atoms with E-state index in [2.05, 4.69) is 72.8 Å². The third-order valence-corrected chi connectivity index (χ3v) is 4.32. The van der Waals surface area contributed by atoms with Gasteiger partial charge in [0.2, 0.25) is 0 Å². The summed E-state index contributed by atoms with van der Waals surface area (Å²) in [6, 6.07) is 18.0. The minimum Gasteiger partial charge on any atom is -0.378 e. The van der Waals surface area contributed by atoms with Crippen LogP contribution in [0.2, 0.25) is 0 Å². The lowest BCUT2D eigenvalue weighted by molar-refractivity contribution is 0.644. The van der Waals surface area contributed by atoms with Crippen LogP contribution in [0.3, 0.4) is 0 Å². The molecule has 0 aromatic heterocycles. The summed E-state index contributed by atoms with van der Waals surface area (Å²) in [5.41, 5.74) is 5.44. The maximum Gasteiger partial charge on any atom is 0.0516 e. The van der Waals surface area contributed by atoms with Gasteiger partial charge in [0.15, 0.2) is 0 Å². The number of nitrogens with one attached hydrogen (secondary N) is 1. The number of rotatable bonds is 3. The molecule has 0 fully saturated rings. The number of aryl methyl sites for hydroxylation is 1. The van der Waals surface area contributed by atoms with Gasteiger partial charge in [-0.3, -0.25) is 0 Å². The maximum absolute atomic E-state index is 3.75. The highest BCUT2D eigenvalue weighted by atomic mass is 15.1. The van der Waals surface area contributed by atoms with Gasteiger partial charge in [-0.05, 0) is 48.6 Å². The lowest BCUT2D eigenvalue weighted by Crippen LogP contribution is -2.12. The Morgan fingerprint density at radius 2 is 1.86 bits per heavy atom. The lowest BCUT2D eigenvalue weighted by atomic mass is 9.99. The van der Waals surface area contributed by atoms with Crippen molar-refractivity contribution < 1.29 is 0 Å². The summed E-state index contributed by atoms with van der Waals surface area (Å²) in [5, 5.41) is 3.75. The molecule has 2 aromatic carbocycles. The zero-order valence-corrected chi connectivity index (χ0v) is 13.0. The second kappa shape index (κ2) is 6.21. The van der Waals surface area contributed by atoms with E-state index in [0.29, 0.717) is 6.04 Å². The summed E-state index contributed by atoms with van der Waals surface area (Å²) in [4.78, 5) is 2.15. The molecule has 1 aliphatic rings. The molecule has 1 atom stereocenters. The zero-order valence-electron chi connectivity index (χ0n) is 13.0. The van der Waals surface area contributed by atoms with Crippen molar-refractivity contribution in [1.29, 1.82) is 0 Å². The average molecular weight is 280 g/mol. The highest BCUT2D eigenvalue weighted by molar-refractivity contribution is 5.58. The first-order valence-corrected chi connectivity index (χ1v) is 7.86. The molecule has 0 heterocycles. The molecule has 21 heavy (non-hydrogen) atoms. The Morgan fingerprint density at radius 3 is 2.71 bits per heavy atom. The first-order valence-electron chi connectivity index (χ1n) is 7.86. The molecule has 1 unspecified atom stereocenters. The molecule has 1 aliphatic carbocycles. The highest BCUT2D eigenvalue weighted by Crippen LogP contribution is 2.32. The summed E-state index contributed by atoms with van der Waals surface area (Å²) in [6.07, 6.45) is 5.02. The Balaban J connectivity index is 1.86. The van der Waals surface area contributed by atoms with Gasteiger partial charge >= 0.3 is 0 Å². The fourth-order valence-corrected chi connectivity index (χ4v) is 3.15. The van der Waals surface area contributed by atoms with Crippen molar-refractivity contribution in [1.82, 2.24) is 0 Å². The standard InChI is InChI=1S/C19H24N2/c1-21(2)17-11-7-10-16(14-17)20-19-13-6-4-9-15-8-3-5-12-18(15)19/h3,5,7-8,10-12,14,19-20H,4,6,9,13H2,1-2H3. The van der Waals surface area contributed by atoms with Gasteiger partial charge in [0.1, 0.15) is 0 Å². The molecule has 2 nitrogen and oxygen atoms in total. The third-order valence-electron chi connectivity index (χ3n) is 4.32. The smallest absolute Gasteiger partial charge is 0.0516 e. The molecular formula is C19H24N2. The number of benzene rings is 2. The molecule has 0 amide bonds. The van der Waals surface area contributed by atoms with Crippen molar-refractivity contribution in [3.05, 3.63) is 59.7 Å². The number of anilines is 2. The van der Waals surface area contributed by atoms with Crippen molar-refractivity contribution in [2.45, 2.75) is 31.7 Å². The predicted octanol–water partition coefficient (Wildman–Crippen LogP) is 4.63. The molecule has 3 rings (SSSR count). The SMILES string of the molecule is CN(C)c1cccc(NC2CCCCc3ccccc32)c1. The third kappa shape index (κ3) is 3.21. The van der Waals surface area contributed by atoms with E-state index in [-0.39, 0.29) is 0 Å². The topological polar surface area (TPSA) is 15.3 Å². The fourth-order valence-electron chi connectivity index (χ4n) is 3.15. The van der Waals surface area contributed by atoms with E-state index in [0.717, 1.165) is 0 Å². The Morgan fingerprint density at radius 1 is 1.00 bits per heavy atom. The Kier molecular flexibility index (Phi) is 4.14. The number of hydrogen-bond donors (Lipinski definition) is 1. The van der Waals surface area contributed by atoms with Crippen LogP contribution in [-0.4, -0.2) is 14.1 Å². The Bertz CT molecular complexity index is 604. The van der Waals surface area contributed by atoms with E-state index in [1.807, 2.05) is 0 Å². The van der Waals surface area contributed by atoms with Gasteiger partial charge in [0.05, 0.1) is 6.04 Å². The van der Waals surface area contributed by atoms with Crippen LogP contribution in [0.25, 0.3) is 0 Å². The van der Waals surface area contributed by atoms with Crippen molar-refractivity contribution >= 4 is 11.4 Å². The van der Waals surface area contributed by atoms with Crippen LogP contribution < -0.4 is 10.2 Å². The maximum atomic E-state index is 3.75. The van der Waals surface area contributed by atoms with Crippen LogP contribution in [-0.2, 0) is 6.42 Å². The Labute approximate surface area is 127 Å². The lowest BCUT2D eigenvalue weighted by Gasteiger charge is -2.22. The van der Waals surface area contributed by atoms with Crippen molar-refractivity contribution in [3.8, 4) is 0 Å². The molecule has 110 valence electrons. The van der Waals surface area contributed by atoms with E-state index < -0.39 is 0 Å². The molecule has 2 aromatic rings. The van der Waals surface area contributed by atoms with Gasteiger partial charge in [-0.25, -0.2) is 0 Å². The van der Waals surface area contributed by atoms with Crippen LogP contribution in [0.5, 0.6) is 0 Å². The van der Waals surface area contributed by atoms with Crippen LogP contribution >= 0.6 is 0 Å². The second-order valence-electron chi connectivity index (χ2n) is 6.09. The summed E-state index contributed by atoms with van der Waals surface area (Å²) >= 11 is 0. The monoisotopic (exact) mass is 280 g/mol. The Hall–Kier alpha value is -1.96.